The van der Waals surface area contributed by atoms with E-state index in [1.165, 1.54) is 122 Å². The van der Waals surface area contributed by atoms with E-state index in [0.29, 0.717) is 19.3 Å². The molecule has 6 heteroatoms. The molecular weight excluding hydrogens is 659 g/mol. The van der Waals surface area contributed by atoms with Crippen molar-refractivity contribution in [1.29, 1.82) is 0 Å². The summed E-state index contributed by atoms with van der Waals surface area (Å²) in [7, 11) is 0. The summed E-state index contributed by atoms with van der Waals surface area (Å²) in [4.78, 5) is 25.9. The fourth-order valence-corrected chi connectivity index (χ4v) is 7.01. The lowest BCUT2D eigenvalue weighted by Crippen LogP contribution is -2.46. The Morgan fingerprint density at radius 1 is 0.547 bits per heavy atom. The summed E-state index contributed by atoms with van der Waals surface area (Å²) in [6.07, 6.45) is 45.3. The maximum atomic E-state index is 13.1. The van der Waals surface area contributed by atoms with Crippen LogP contribution in [0.15, 0.2) is 24.3 Å². The van der Waals surface area contributed by atoms with E-state index in [0.717, 1.165) is 70.6 Å². The van der Waals surface area contributed by atoms with Gasteiger partial charge in [0, 0.05) is 6.42 Å². The molecule has 312 valence electrons. The van der Waals surface area contributed by atoms with Crippen molar-refractivity contribution < 1.29 is 24.5 Å². The second kappa shape index (κ2) is 41.5. The first-order chi connectivity index (χ1) is 26.0. The molecule has 6 nitrogen and oxygen atoms in total. The largest absolute Gasteiger partial charge is 0.462 e. The molecule has 0 rings (SSSR count). The van der Waals surface area contributed by atoms with Gasteiger partial charge in [-0.05, 0) is 51.4 Å². The van der Waals surface area contributed by atoms with Crippen molar-refractivity contribution >= 4 is 11.9 Å². The van der Waals surface area contributed by atoms with Crippen LogP contribution in [-0.4, -0.2) is 46.9 Å². The molecule has 1 amide bonds. The third kappa shape index (κ3) is 37.1. The number of hydrogen-bond acceptors (Lipinski definition) is 5. The van der Waals surface area contributed by atoms with Crippen molar-refractivity contribution in [3.05, 3.63) is 24.3 Å². The van der Waals surface area contributed by atoms with E-state index in [1.807, 2.05) is 0 Å². The fraction of sp³-hybridized carbons (Fsp3) is 0.872. The number of nitrogens with one attached hydrogen (secondary N) is 1. The maximum Gasteiger partial charge on any atom is 0.306 e. The predicted octanol–water partition coefficient (Wildman–Crippen LogP) is 13.2. The smallest absolute Gasteiger partial charge is 0.306 e. The lowest BCUT2D eigenvalue weighted by Gasteiger charge is -2.24. The van der Waals surface area contributed by atoms with Crippen LogP contribution in [0.25, 0.3) is 0 Å². The first-order valence-corrected chi connectivity index (χ1v) is 23.1. The summed E-state index contributed by atoms with van der Waals surface area (Å²) in [5, 5.41) is 23.6. The summed E-state index contributed by atoms with van der Waals surface area (Å²) < 4.78 is 5.88. The van der Waals surface area contributed by atoms with Gasteiger partial charge in [-0.3, -0.25) is 9.59 Å². The van der Waals surface area contributed by atoms with Crippen molar-refractivity contribution in [3.8, 4) is 0 Å². The third-order valence-electron chi connectivity index (χ3n) is 10.6. The average molecular weight is 748 g/mol. The van der Waals surface area contributed by atoms with Crippen LogP contribution < -0.4 is 5.32 Å². The monoisotopic (exact) mass is 748 g/mol. The van der Waals surface area contributed by atoms with Crippen LogP contribution in [0.1, 0.15) is 239 Å². The Morgan fingerprint density at radius 3 is 1.42 bits per heavy atom. The molecule has 0 aromatic heterocycles. The number of aliphatic hydroxyl groups excluding tert-OH is 2. The Hall–Kier alpha value is -1.66. The Kier molecular flexibility index (Phi) is 40.2. The SMILES string of the molecule is CCCCCCCCC/C=C/C=C/CCCCCC(CC(=O)NC(CO)C(O)CCCCCCCCCCC)OC(=O)CCCCCCCCCCC. The first kappa shape index (κ1) is 51.3. The van der Waals surface area contributed by atoms with Crippen LogP contribution in [0.3, 0.4) is 0 Å². The zero-order valence-electron chi connectivity index (χ0n) is 35.4. The maximum absolute atomic E-state index is 13.1. The summed E-state index contributed by atoms with van der Waals surface area (Å²) in [5.74, 6) is -0.497. The lowest BCUT2D eigenvalue weighted by molar-refractivity contribution is -0.151. The Balaban J connectivity index is 4.62. The standard InChI is InChI=1S/C47H89NO5/c1-4-7-10-13-16-19-20-21-22-23-24-25-28-29-32-35-38-43(53-47(52)40-37-34-31-27-18-15-12-9-6-3)41-46(51)48-44(42-49)45(50)39-36-33-30-26-17-14-11-8-5-2/h22-25,43-45,49-50H,4-21,26-42H2,1-3H3,(H,48,51)/b23-22+,25-24+. The Morgan fingerprint density at radius 2 is 0.943 bits per heavy atom. The quantitative estimate of drug-likeness (QED) is 0.0329. The van der Waals surface area contributed by atoms with Gasteiger partial charge in [0.25, 0.3) is 0 Å². The molecule has 0 aliphatic carbocycles. The highest BCUT2D eigenvalue weighted by Gasteiger charge is 2.24. The molecule has 53 heavy (non-hydrogen) atoms. The van der Waals surface area contributed by atoms with Crippen molar-refractivity contribution in [2.45, 2.75) is 257 Å². The van der Waals surface area contributed by atoms with E-state index >= 15 is 0 Å². The number of carbonyl (C=O) groups is 2. The van der Waals surface area contributed by atoms with E-state index in [9.17, 15) is 19.8 Å². The second-order valence-electron chi connectivity index (χ2n) is 15.8. The van der Waals surface area contributed by atoms with E-state index < -0.39 is 18.2 Å². The molecule has 0 spiro atoms. The van der Waals surface area contributed by atoms with Crippen molar-refractivity contribution in [2.75, 3.05) is 6.61 Å². The zero-order valence-corrected chi connectivity index (χ0v) is 35.4. The second-order valence-corrected chi connectivity index (χ2v) is 15.8. The number of amides is 1. The number of carbonyl (C=O) groups excluding carboxylic acids is 2. The molecule has 3 unspecified atom stereocenters. The van der Waals surface area contributed by atoms with Gasteiger partial charge in [-0.2, -0.15) is 0 Å². The molecule has 3 atom stereocenters. The molecule has 3 N–H and O–H groups in total. The van der Waals surface area contributed by atoms with Crippen molar-refractivity contribution in [1.82, 2.24) is 5.32 Å². The third-order valence-corrected chi connectivity index (χ3v) is 10.6. The predicted molar refractivity (Wildman–Crippen MR) is 227 cm³/mol. The Labute approximate surface area is 329 Å². The van der Waals surface area contributed by atoms with Gasteiger partial charge in [0.15, 0.2) is 0 Å². The summed E-state index contributed by atoms with van der Waals surface area (Å²) in [6, 6.07) is -0.703. The van der Waals surface area contributed by atoms with Crippen molar-refractivity contribution in [2.24, 2.45) is 0 Å². The molecule has 0 fully saturated rings. The summed E-state index contributed by atoms with van der Waals surface area (Å²) >= 11 is 0. The van der Waals surface area contributed by atoms with Gasteiger partial charge in [0.05, 0.1) is 25.2 Å². The van der Waals surface area contributed by atoms with Crippen LogP contribution in [0.2, 0.25) is 0 Å². The molecular formula is C47H89NO5. The minimum absolute atomic E-state index is 0.0637. The van der Waals surface area contributed by atoms with Gasteiger partial charge < -0.3 is 20.3 Å². The molecule has 0 saturated heterocycles. The number of ether oxygens (including phenoxy) is 1. The molecule has 0 aromatic carbocycles. The van der Waals surface area contributed by atoms with Gasteiger partial charge in [-0.25, -0.2) is 0 Å². The zero-order chi connectivity index (χ0) is 38.9. The van der Waals surface area contributed by atoms with Gasteiger partial charge in [0.2, 0.25) is 5.91 Å². The lowest BCUT2D eigenvalue weighted by atomic mass is 10.0. The van der Waals surface area contributed by atoms with Gasteiger partial charge >= 0.3 is 5.97 Å². The van der Waals surface area contributed by atoms with Crippen LogP contribution in [0, 0.1) is 0 Å². The van der Waals surface area contributed by atoms with Crippen LogP contribution >= 0.6 is 0 Å². The van der Waals surface area contributed by atoms with Crippen LogP contribution in [0.4, 0.5) is 0 Å². The minimum atomic E-state index is -0.788. The summed E-state index contributed by atoms with van der Waals surface area (Å²) in [5.41, 5.74) is 0. The van der Waals surface area contributed by atoms with E-state index in [4.69, 9.17) is 4.74 Å². The van der Waals surface area contributed by atoms with E-state index in [1.54, 1.807) is 0 Å². The number of hydrogen-bond donors (Lipinski definition) is 3. The van der Waals surface area contributed by atoms with Gasteiger partial charge in [-0.1, -0.05) is 199 Å². The molecule has 0 radical (unpaired) electrons. The summed E-state index contributed by atoms with van der Waals surface area (Å²) in [6.45, 7) is 6.43. The van der Waals surface area contributed by atoms with E-state index in [-0.39, 0.29) is 24.9 Å². The molecule has 0 bridgehead atoms. The highest BCUT2D eigenvalue weighted by molar-refractivity contribution is 5.77. The normalized spacial score (nSPS) is 13.5. The van der Waals surface area contributed by atoms with Gasteiger partial charge in [-0.15, -0.1) is 0 Å². The number of allylic oxidation sites excluding steroid dienone is 4. The van der Waals surface area contributed by atoms with Gasteiger partial charge in [0.1, 0.15) is 6.10 Å². The fourth-order valence-electron chi connectivity index (χ4n) is 7.01. The topological polar surface area (TPSA) is 95.9 Å². The molecule has 0 heterocycles. The molecule has 0 saturated carbocycles. The number of rotatable bonds is 41. The van der Waals surface area contributed by atoms with E-state index in [2.05, 4.69) is 50.4 Å². The van der Waals surface area contributed by atoms with Crippen molar-refractivity contribution in [3.63, 3.8) is 0 Å². The number of aliphatic hydroxyl groups is 2. The molecule has 0 aromatic rings. The number of esters is 1. The van der Waals surface area contributed by atoms with Crippen LogP contribution in [0.5, 0.6) is 0 Å². The highest BCUT2D eigenvalue weighted by atomic mass is 16.5. The molecule has 0 aliphatic rings. The molecule has 0 aliphatic heterocycles. The Bertz CT molecular complexity index is 843. The highest BCUT2D eigenvalue weighted by Crippen LogP contribution is 2.17. The average Bonchev–Trinajstić information content (AvgIpc) is 3.15. The van der Waals surface area contributed by atoms with Crippen LogP contribution in [-0.2, 0) is 14.3 Å². The minimum Gasteiger partial charge on any atom is -0.462 e. The first-order valence-electron chi connectivity index (χ1n) is 23.1. The number of unbranched alkanes of at least 4 members (excludes halogenated alkanes) is 26.